The lowest BCUT2D eigenvalue weighted by Gasteiger charge is -2.26. The first-order chi connectivity index (χ1) is 8.54. The van der Waals surface area contributed by atoms with E-state index < -0.39 is 0 Å². The fourth-order valence-electron chi connectivity index (χ4n) is 1.63. The van der Waals surface area contributed by atoms with Gasteiger partial charge < -0.3 is 19.7 Å². The van der Waals surface area contributed by atoms with E-state index >= 15 is 0 Å². The molecule has 1 fully saturated rings. The zero-order valence-corrected chi connectivity index (χ0v) is 11.7. The number of carbonyl (C=O) groups is 2. The van der Waals surface area contributed by atoms with Crippen molar-refractivity contribution in [2.45, 2.75) is 12.8 Å². The molecule has 6 heteroatoms. The van der Waals surface area contributed by atoms with Gasteiger partial charge in [0.25, 0.3) is 0 Å². The number of likely N-dealkylation sites (tertiary alicyclic amines) is 1. The average molecular weight is 260 g/mol. The molecule has 1 aliphatic heterocycles. The third-order valence-corrected chi connectivity index (χ3v) is 2.80. The second-order valence-electron chi connectivity index (χ2n) is 4.21. The highest BCUT2D eigenvalue weighted by atomic mass is 16.5. The summed E-state index contributed by atoms with van der Waals surface area (Å²) < 4.78 is 8.96. The molecule has 1 rings (SSSR count). The van der Waals surface area contributed by atoms with E-state index in [-0.39, 0.29) is 24.4 Å². The summed E-state index contributed by atoms with van der Waals surface area (Å²) in [7, 11) is 6.59. The summed E-state index contributed by atoms with van der Waals surface area (Å²) in [5, 5.41) is 2.64. The number of carbonyl (C=O) groups excluding carboxylic acids is 2. The molecule has 1 heterocycles. The van der Waals surface area contributed by atoms with Crippen molar-refractivity contribution < 1.29 is 19.1 Å². The standard InChI is InChI=1S/C8H15NO2.C4H9NO2/c1-9-5-3-7(4-6-9)8(10)11-2;1-5-3-4(6)7-2/h7H,3-6H2,1-2H3;5H,3H2,1-2H3. The van der Waals surface area contributed by atoms with Crippen molar-refractivity contribution in [2.24, 2.45) is 5.92 Å². The van der Waals surface area contributed by atoms with Crippen molar-refractivity contribution in [1.29, 1.82) is 0 Å². The summed E-state index contributed by atoms with van der Waals surface area (Å²) >= 11 is 0. The Morgan fingerprint density at radius 3 is 2.11 bits per heavy atom. The van der Waals surface area contributed by atoms with Gasteiger partial charge in [0.05, 0.1) is 26.7 Å². The van der Waals surface area contributed by atoms with E-state index in [4.69, 9.17) is 0 Å². The van der Waals surface area contributed by atoms with Crippen molar-refractivity contribution >= 4 is 11.9 Å². The first-order valence-corrected chi connectivity index (χ1v) is 6.02. The van der Waals surface area contributed by atoms with Gasteiger partial charge >= 0.3 is 11.9 Å². The quantitative estimate of drug-likeness (QED) is 0.714. The Kier molecular flexibility index (Phi) is 9.22. The molecule has 106 valence electrons. The van der Waals surface area contributed by atoms with Gasteiger partial charge in [0.2, 0.25) is 0 Å². The summed E-state index contributed by atoms with van der Waals surface area (Å²) in [4.78, 5) is 23.4. The van der Waals surface area contributed by atoms with Gasteiger partial charge in [-0.2, -0.15) is 0 Å². The van der Waals surface area contributed by atoms with E-state index in [1.807, 2.05) is 0 Å². The van der Waals surface area contributed by atoms with Crippen LogP contribution in [0.4, 0.5) is 0 Å². The predicted octanol–water partition coefficient (Wildman–Crippen LogP) is -0.120. The smallest absolute Gasteiger partial charge is 0.319 e. The maximum atomic E-state index is 11.0. The molecule has 0 spiro atoms. The minimum Gasteiger partial charge on any atom is -0.469 e. The van der Waals surface area contributed by atoms with Gasteiger partial charge in [-0.25, -0.2) is 0 Å². The lowest BCUT2D eigenvalue weighted by atomic mass is 9.98. The first kappa shape index (κ1) is 16.9. The number of rotatable bonds is 3. The monoisotopic (exact) mass is 260 g/mol. The predicted molar refractivity (Wildman–Crippen MR) is 68.2 cm³/mol. The van der Waals surface area contributed by atoms with Crippen LogP contribution in [0, 0.1) is 5.92 Å². The number of piperidine rings is 1. The summed E-state index contributed by atoms with van der Waals surface area (Å²) in [5.41, 5.74) is 0. The van der Waals surface area contributed by atoms with E-state index in [2.05, 4.69) is 26.7 Å². The molecule has 0 amide bonds. The van der Waals surface area contributed by atoms with Crippen LogP contribution in [0.5, 0.6) is 0 Å². The highest BCUT2D eigenvalue weighted by Crippen LogP contribution is 2.16. The Bertz CT molecular complexity index is 250. The van der Waals surface area contributed by atoms with Crippen LogP contribution in [0.2, 0.25) is 0 Å². The van der Waals surface area contributed by atoms with Crippen LogP contribution in [0.15, 0.2) is 0 Å². The summed E-state index contributed by atoms with van der Waals surface area (Å²) in [6.45, 7) is 2.32. The Labute approximate surface area is 109 Å². The van der Waals surface area contributed by atoms with Gasteiger partial charge in [-0.1, -0.05) is 0 Å². The maximum Gasteiger partial charge on any atom is 0.319 e. The van der Waals surface area contributed by atoms with Crippen LogP contribution in [-0.4, -0.2) is 64.8 Å². The number of nitrogens with zero attached hydrogens (tertiary/aromatic N) is 1. The fraction of sp³-hybridized carbons (Fsp3) is 0.833. The molecule has 0 atom stereocenters. The third kappa shape index (κ3) is 7.24. The van der Waals surface area contributed by atoms with Crippen molar-refractivity contribution in [3.05, 3.63) is 0 Å². The van der Waals surface area contributed by atoms with Gasteiger partial charge in [-0.05, 0) is 40.0 Å². The van der Waals surface area contributed by atoms with Gasteiger partial charge in [0.1, 0.15) is 0 Å². The minimum absolute atomic E-state index is 0.0434. The van der Waals surface area contributed by atoms with Crippen molar-refractivity contribution in [3.63, 3.8) is 0 Å². The molecule has 0 aromatic rings. The zero-order valence-electron chi connectivity index (χ0n) is 11.7. The SMILES string of the molecule is CNCC(=O)OC.COC(=O)C1CCN(C)CC1. The summed E-state index contributed by atoms with van der Waals surface area (Å²) in [5.74, 6) is -0.128. The van der Waals surface area contributed by atoms with Gasteiger partial charge in [0.15, 0.2) is 0 Å². The fourth-order valence-corrected chi connectivity index (χ4v) is 1.63. The molecule has 0 aromatic heterocycles. The number of likely N-dealkylation sites (N-methyl/N-ethyl adjacent to an activating group) is 1. The van der Waals surface area contributed by atoms with E-state index in [9.17, 15) is 9.59 Å². The van der Waals surface area contributed by atoms with E-state index in [0.717, 1.165) is 25.9 Å². The van der Waals surface area contributed by atoms with Crippen LogP contribution in [0.1, 0.15) is 12.8 Å². The Hall–Kier alpha value is -1.14. The molecule has 1 saturated heterocycles. The molecule has 6 nitrogen and oxygen atoms in total. The minimum atomic E-state index is -0.234. The second-order valence-corrected chi connectivity index (χ2v) is 4.21. The summed E-state index contributed by atoms with van der Waals surface area (Å²) in [6, 6.07) is 0. The van der Waals surface area contributed by atoms with Gasteiger partial charge in [-0.3, -0.25) is 9.59 Å². The lowest BCUT2D eigenvalue weighted by Crippen LogP contribution is -2.33. The van der Waals surface area contributed by atoms with Crippen LogP contribution in [0.25, 0.3) is 0 Å². The first-order valence-electron chi connectivity index (χ1n) is 6.02. The largest absolute Gasteiger partial charge is 0.469 e. The van der Waals surface area contributed by atoms with Crippen LogP contribution < -0.4 is 5.32 Å². The van der Waals surface area contributed by atoms with Gasteiger partial charge in [-0.15, -0.1) is 0 Å². The Morgan fingerprint density at radius 1 is 1.22 bits per heavy atom. The van der Waals surface area contributed by atoms with Crippen LogP contribution in [0.3, 0.4) is 0 Å². The van der Waals surface area contributed by atoms with Crippen molar-refractivity contribution in [1.82, 2.24) is 10.2 Å². The number of nitrogens with one attached hydrogen (secondary N) is 1. The number of hydrogen-bond donors (Lipinski definition) is 1. The number of methoxy groups -OCH3 is 2. The third-order valence-electron chi connectivity index (χ3n) is 2.80. The molecule has 0 bridgehead atoms. The summed E-state index contributed by atoms with van der Waals surface area (Å²) in [6.07, 6.45) is 1.90. The highest BCUT2D eigenvalue weighted by molar-refractivity contribution is 5.72. The average Bonchev–Trinajstić information content (AvgIpc) is 2.39. The zero-order chi connectivity index (χ0) is 14.0. The van der Waals surface area contributed by atoms with Crippen molar-refractivity contribution in [3.8, 4) is 0 Å². The lowest BCUT2D eigenvalue weighted by molar-refractivity contribution is -0.147. The molecular weight excluding hydrogens is 236 g/mol. The molecule has 0 saturated carbocycles. The molecule has 1 N–H and O–H groups in total. The second kappa shape index (κ2) is 9.85. The molecule has 1 aliphatic rings. The van der Waals surface area contributed by atoms with Gasteiger partial charge in [0, 0.05) is 0 Å². The van der Waals surface area contributed by atoms with E-state index in [0.29, 0.717) is 0 Å². The van der Waals surface area contributed by atoms with Crippen LogP contribution in [-0.2, 0) is 19.1 Å². The highest BCUT2D eigenvalue weighted by Gasteiger charge is 2.23. The van der Waals surface area contributed by atoms with E-state index in [1.54, 1.807) is 7.05 Å². The number of hydrogen-bond acceptors (Lipinski definition) is 6. The van der Waals surface area contributed by atoms with E-state index in [1.165, 1.54) is 14.2 Å². The Balaban J connectivity index is 0.000000360. The number of ether oxygens (including phenoxy) is 2. The molecule has 0 aliphatic carbocycles. The number of esters is 2. The molecule has 18 heavy (non-hydrogen) atoms. The normalized spacial score (nSPS) is 16.4. The van der Waals surface area contributed by atoms with Crippen molar-refractivity contribution in [2.75, 3.05) is 47.9 Å². The topological polar surface area (TPSA) is 67.9 Å². The maximum absolute atomic E-state index is 11.0. The molecular formula is C12H24N2O4. The van der Waals surface area contributed by atoms with Crippen LogP contribution >= 0.6 is 0 Å². The molecule has 0 aromatic carbocycles. The molecule has 0 radical (unpaired) electrons. The Morgan fingerprint density at radius 2 is 1.78 bits per heavy atom. The molecule has 0 unspecified atom stereocenters.